The number of nitrogens with zero attached hydrogens (tertiary/aromatic N) is 3. The number of alkyl halides is 2. The first-order valence-electron chi connectivity index (χ1n) is 12.3. The lowest BCUT2D eigenvalue weighted by atomic mass is 9.89. The molecule has 2 fully saturated rings. The van der Waals surface area contributed by atoms with Crippen LogP contribution in [-0.2, 0) is 11.8 Å². The van der Waals surface area contributed by atoms with Crippen LogP contribution >= 0.6 is 0 Å². The van der Waals surface area contributed by atoms with E-state index in [1.165, 1.54) is 24.4 Å². The van der Waals surface area contributed by atoms with E-state index < -0.39 is 55.3 Å². The summed E-state index contributed by atoms with van der Waals surface area (Å²) in [5.41, 5.74) is 3.57. The number of aryl methyl sites for hydroxylation is 1. The number of fused-ring (bicyclic) bond motifs is 5. The van der Waals surface area contributed by atoms with Gasteiger partial charge in [-0.3, -0.25) is 14.4 Å². The Balaban J connectivity index is 1.70. The quantitative estimate of drug-likeness (QED) is 0.446. The molecular weight excluding hydrogens is 488 g/mol. The average molecular weight is 520 g/mol. The van der Waals surface area contributed by atoms with Gasteiger partial charge in [0, 0.05) is 25.1 Å². The van der Waals surface area contributed by atoms with Gasteiger partial charge < -0.3 is 25.2 Å². The summed E-state index contributed by atoms with van der Waals surface area (Å²) in [7, 11) is 1.42. The van der Waals surface area contributed by atoms with Gasteiger partial charge in [0.2, 0.25) is 0 Å². The second-order valence-corrected chi connectivity index (χ2v) is 10.2. The molecule has 3 aliphatic rings. The zero-order valence-electron chi connectivity index (χ0n) is 20.8. The van der Waals surface area contributed by atoms with E-state index in [2.05, 4.69) is 5.10 Å². The van der Waals surface area contributed by atoms with Crippen molar-refractivity contribution < 1.29 is 38.7 Å². The van der Waals surface area contributed by atoms with Crippen LogP contribution < -0.4 is 4.90 Å². The molecule has 9 nitrogen and oxygen atoms in total. The van der Waals surface area contributed by atoms with Gasteiger partial charge in [-0.2, -0.15) is 5.10 Å². The molecule has 2 heterocycles. The van der Waals surface area contributed by atoms with Crippen molar-refractivity contribution in [3.8, 4) is 0 Å². The number of aliphatic hydroxyl groups excluding tert-OH is 4. The van der Waals surface area contributed by atoms with E-state index in [1.807, 2.05) is 19.9 Å². The fraction of sp³-hybridized carbons (Fsp3) is 0.538. The fourth-order valence-electron chi connectivity index (χ4n) is 6.29. The Kier molecular flexibility index (Phi) is 6.70. The highest BCUT2D eigenvalue weighted by Gasteiger charge is 2.50. The summed E-state index contributed by atoms with van der Waals surface area (Å²) in [6.07, 6.45) is -8.10. The molecule has 1 aromatic carbocycles. The van der Waals surface area contributed by atoms with Gasteiger partial charge in [0.25, 0.3) is 12.3 Å². The molecule has 2 unspecified atom stereocenters. The molecule has 0 spiro atoms. The van der Waals surface area contributed by atoms with Crippen molar-refractivity contribution in [2.24, 2.45) is 7.05 Å². The largest absolute Gasteiger partial charge is 0.394 e. The van der Waals surface area contributed by atoms with Gasteiger partial charge in [-0.05, 0) is 43.9 Å². The Morgan fingerprint density at radius 3 is 2.51 bits per heavy atom. The van der Waals surface area contributed by atoms with Crippen LogP contribution in [0.3, 0.4) is 0 Å². The van der Waals surface area contributed by atoms with Crippen LogP contribution in [0.2, 0.25) is 0 Å². The third-order valence-corrected chi connectivity index (χ3v) is 7.81. The third-order valence-electron chi connectivity index (χ3n) is 7.81. The number of rotatable bonds is 5. The summed E-state index contributed by atoms with van der Waals surface area (Å²) >= 11 is 0. The Labute approximate surface area is 212 Å². The number of anilines is 1. The SMILES string of the molecule is CC(C)=C1C2CCC1c1c2cccc1N(C(=O)c1cn(C)nc1C(F)F)[C@@H]1O[C@H](CO)[C@@H](O)[C@H](O)[C@H]1O. The van der Waals surface area contributed by atoms with Crippen molar-refractivity contribution in [2.75, 3.05) is 11.5 Å². The maximum atomic E-state index is 14.1. The highest BCUT2D eigenvalue weighted by atomic mass is 19.3. The van der Waals surface area contributed by atoms with Crippen LogP contribution in [0.25, 0.3) is 0 Å². The number of aromatic nitrogens is 2. The van der Waals surface area contributed by atoms with Gasteiger partial charge in [-0.15, -0.1) is 0 Å². The number of halogens is 2. The number of ether oxygens (including phenoxy) is 1. The average Bonchev–Trinajstić information content (AvgIpc) is 3.56. The van der Waals surface area contributed by atoms with Gasteiger partial charge in [0.1, 0.15) is 30.1 Å². The van der Waals surface area contributed by atoms with E-state index in [4.69, 9.17) is 4.74 Å². The van der Waals surface area contributed by atoms with Crippen LogP contribution in [0, 0.1) is 0 Å². The Morgan fingerprint density at radius 2 is 1.86 bits per heavy atom. The van der Waals surface area contributed by atoms with E-state index in [0.717, 1.165) is 33.6 Å². The van der Waals surface area contributed by atoms with E-state index in [1.54, 1.807) is 12.1 Å². The second kappa shape index (κ2) is 9.55. The molecule has 1 aromatic heterocycles. The molecule has 2 aliphatic carbocycles. The number of benzene rings is 1. The van der Waals surface area contributed by atoms with Crippen molar-refractivity contribution in [1.29, 1.82) is 0 Å². The second-order valence-electron chi connectivity index (χ2n) is 10.2. The molecule has 5 rings (SSSR count). The maximum absolute atomic E-state index is 14.1. The first-order valence-corrected chi connectivity index (χ1v) is 12.3. The van der Waals surface area contributed by atoms with Gasteiger partial charge in [-0.25, -0.2) is 8.78 Å². The zero-order chi connectivity index (χ0) is 26.8. The third kappa shape index (κ3) is 4.00. The predicted molar refractivity (Wildman–Crippen MR) is 128 cm³/mol. The molecule has 200 valence electrons. The standard InChI is InChI=1S/C26H31F2N3O6/c1-11(2)18-13-7-8-14(18)19-12(13)5-4-6-16(19)31(25(36)15-9-30(3)29-20(15)24(27)28)26-23(35)22(34)21(33)17(10-32)37-26/h4-6,9,13-14,17,21-24,26,32-35H,7-8,10H2,1-3H3/t13?,14?,17-,21-,22+,23-,26-/m1/s1. The van der Waals surface area contributed by atoms with Gasteiger partial charge in [0.15, 0.2) is 6.23 Å². The molecule has 2 aromatic rings. The topological polar surface area (TPSA) is 128 Å². The lowest BCUT2D eigenvalue weighted by Crippen LogP contribution is -2.64. The number of allylic oxidation sites excluding steroid dienone is 2. The van der Waals surface area contributed by atoms with E-state index in [-0.39, 0.29) is 17.4 Å². The Bertz CT molecular complexity index is 1240. The number of amides is 1. The molecule has 1 aliphatic heterocycles. The van der Waals surface area contributed by atoms with Crippen molar-refractivity contribution >= 4 is 11.6 Å². The van der Waals surface area contributed by atoms with Crippen molar-refractivity contribution in [2.45, 2.75) is 75.6 Å². The normalized spacial score (nSPS) is 30.6. The number of carbonyl (C=O) groups excluding carboxylic acids is 1. The van der Waals surface area contributed by atoms with Crippen molar-refractivity contribution in [1.82, 2.24) is 9.78 Å². The van der Waals surface area contributed by atoms with E-state index in [0.29, 0.717) is 5.69 Å². The first-order chi connectivity index (χ1) is 17.6. The van der Waals surface area contributed by atoms with Crippen molar-refractivity contribution in [3.05, 3.63) is 57.9 Å². The molecule has 1 amide bonds. The molecule has 2 bridgehead atoms. The van der Waals surface area contributed by atoms with Crippen LogP contribution in [0.5, 0.6) is 0 Å². The van der Waals surface area contributed by atoms with Crippen LogP contribution in [-0.4, -0.2) is 73.4 Å². The highest BCUT2D eigenvalue weighted by molar-refractivity contribution is 6.08. The smallest absolute Gasteiger partial charge is 0.282 e. The molecule has 1 saturated heterocycles. The minimum atomic E-state index is -3.04. The molecular formula is C26H31F2N3O6. The van der Waals surface area contributed by atoms with Crippen molar-refractivity contribution in [3.63, 3.8) is 0 Å². The molecule has 37 heavy (non-hydrogen) atoms. The monoisotopic (exact) mass is 519 g/mol. The van der Waals surface area contributed by atoms with Gasteiger partial charge >= 0.3 is 0 Å². The van der Waals surface area contributed by atoms with Crippen LogP contribution in [0.4, 0.5) is 14.5 Å². The first kappa shape index (κ1) is 25.9. The predicted octanol–water partition coefficient (Wildman–Crippen LogP) is 2.12. The van der Waals surface area contributed by atoms with E-state index in [9.17, 15) is 34.0 Å². The molecule has 0 radical (unpaired) electrons. The fourth-order valence-corrected chi connectivity index (χ4v) is 6.29. The summed E-state index contributed by atoms with van der Waals surface area (Å²) in [4.78, 5) is 15.1. The molecule has 11 heteroatoms. The highest BCUT2D eigenvalue weighted by Crippen LogP contribution is 2.60. The minimum absolute atomic E-state index is 0.00449. The summed E-state index contributed by atoms with van der Waals surface area (Å²) in [5, 5.41) is 45.3. The summed E-state index contributed by atoms with van der Waals surface area (Å²) in [6.45, 7) is 3.38. The number of aliphatic hydroxyl groups is 4. The zero-order valence-corrected chi connectivity index (χ0v) is 20.8. The molecule has 7 atom stereocenters. The summed E-state index contributed by atoms with van der Waals surface area (Å²) in [6, 6.07) is 5.41. The lowest BCUT2D eigenvalue weighted by Gasteiger charge is -2.45. The van der Waals surface area contributed by atoms with Gasteiger partial charge in [-0.1, -0.05) is 23.3 Å². The van der Waals surface area contributed by atoms with E-state index >= 15 is 0 Å². The number of carbonyl (C=O) groups is 1. The minimum Gasteiger partial charge on any atom is -0.394 e. The van der Waals surface area contributed by atoms with Crippen LogP contribution in [0.1, 0.15) is 72.1 Å². The summed E-state index contributed by atoms with van der Waals surface area (Å²) < 4.78 is 34.6. The molecule has 1 saturated carbocycles. The molecule has 4 N–H and O–H groups in total. The number of hydrogen-bond acceptors (Lipinski definition) is 7. The number of hydrogen-bond donors (Lipinski definition) is 4. The maximum Gasteiger partial charge on any atom is 0.282 e. The Hall–Kier alpha value is -2.70. The van der Waals surface area contributed by atoms with Gasteiger partial charge in [0.05, 0.1) is 17.9 Å². The Morgan fingerprint density at radius 1 is 1.16 bits per heavy atom. The lowest BCUT2D eigenvalue weighted by molar-refractivity contribution is -0.226. The van der Waals surface area contributed by atoms with Crippen LogP contribution in [0.15, 0.2) is 35.5 Å². The summed E-state index contributed by atoms with van der Waals surface area (Å²) in [5.74, 6) is -0.723.